The molecule has 2 aromatic heterocycles. The molecule has 0 N–H and O–H groups in total. The normalized spacial score (nSPS) is 16.6. The van der Waals surface area contributed by atoms with Gasteiger partial charge in [-0.25, -0.2) is 14.4 Å². The summed E-state index contributed by atoms with van der Waals surface area (Å²) in [4.78, 5) is 39.6. The van der Waals surface area contributed by atoms with E-state index in [4.69, 9.17) is 4.98 Å². The highest BCUT2D eigenvalue weighted by Gasteiger charge is 2.30. The molecule has 32 heavy (non-hydrogen) atoms. The van der Waals surface area contributed by atoms with Gasteiger partial charge in [-0.3, -0.25) is 9.59 Å². The van der Waals surface area contributed by atoms with Crippen molar-refractivity contribution in [3.05, 3.63) is 51.5 Å². The molecule has 3 heterocycles. The number of fused-ring (bicyclic) bond motifs is 1. The van der Waals surface area contributed by atoms with E-state index < -0.39 is 5.82 Å². The van der Waals surface area contributed by atoms with Gasteiger partial charge in [-0.2, -0.15) is 0 Å². The first-order chi connectivity index (χ1) is 15.3. The maximum Gasteiger partial charge on any atom is 0.264 e. The molecule has 0 unspecified atom stereocenters. The monoisotopic (exact) mass is 452 g/mol. The first kappa shape index (κ1) is 21.0. The van der Waals surface area contributed by atoms with Crippen LogP contribution in [-0.2, 0) is 0 Å². The number of hydrogen-bond donors (Lipinski definition) is 0. The minimum absolute atomic E-state index is 0.00456. The molecule has 3 aromatic rings. The summed E-state index contributed by atoms with van der Waals surface area (Å²) >= 11 is 1.46. The predicted molar refractivity (Wildman–Crippen MR) is 123 cm³/mol. The molecule has 2 fully saturated rings. The van der Waals surface area contributed by atoms with Crippen LogP contribution >= 0.6 is 11.3 Å². The van der Waals surface area contributed by atoms with Crippen molar-refractivity contribution >= 4 is 38.9 Å². The second kappa shape index (κ2) is 7.92. The third-order valence-electron chi connectivity index (χ3n) is 6.39. The Morgan fingerprint density at radius 3 is 2.44 bits per heavy atom. The van der Waals surface area contributed by atoms with Crippen LogP contribution in [0.3, 0.4) is 0 Å². The van der Waals surface area contributed by atoms with Crippen LogP contribution in [0.5, 0.6) is 0 Å². The molecule has 1 aliphatic carbocycles. The first-order valence-electron chi connectivity index (χ1n) is 11.0. The molecule has 166 valence electrons. The number of aromatic nitrogens is 2. The van der Waals surface area contributed by atoms with Gasteiger partial charge in [0.25, 0.3) is 5.91 Å². The van der Waals surface area contributed by atoms with E-state index in [1.54, 1.807) is 12.1 Å². The van der Waals surface area contributed by atoms with E-state index in [0.29, 0.717) is 43.3 Å². The number of thiophene rings is 1. The number of aryl methyl sites for hydroxylation is 2. The molecule has 0 spiro atoms. The molecule has 1 aliphatic heterocycles. The lowest BCUT2D eigenvalue weighted by Crippen LogP contribution is -2.49. The summed E-state index contributed by atoms with van der Waals surface area (Å²) in [6, 6.07) is 4.59. The van der Waals surface area contributed by atoms with Crippen LogP contribution in [0.25, 0.3) is 10.2 Å². The van der Waals surface area contributed by atoms with Crippen LogP contribution in [0.2, 0.25) is 0 Å². The van der Waals surface area contributed by atoms with Gasteiger partial charge in [-0.15, -0.1) is 11.3 Å². The Bertz CT molecular complexity index is 1240. The van der Waals surface area contributed by atoms with E-state index >= 15 is 0 Å². The quantitative estimate of drug-likeness (QED) is 0.546. The van der Waals surface area contributed by atoms with Crippen LogP contribution in [-0.4, -0.2) is 52.7 Å². The van der Waals surface area contributed by atoms with Gasteiger partial charge < -0.3 is 9.80 Å². The Morgan fingerprint density at radius 1 is 1.09 bits per heavy atom. The largest absolute Gasteiger partial charge is 0.366 e. The minimum atomic E-state index is -0.404. The lowest BCUT2D eigenvalue weighted by atomic mass is 10.1. The van der Waals surface area contributed by atoms with E-state index in [-0.39, 0.29) is 11.7 Å². The number of carbonyl (C=O) groups excluding carboxylic acids is 2. The molecule has 0 radical (unpaired) electrons. The molecular weight excluding hydrogens is 427 g/mol. The summed E-state index contributed by atoms with van der Waals surface area (Å²) in [5, 5.41) is 0.994. The molecule has 1 aromatic carbocycles. The molecule has 0 bridgehead atoms. The number of ketones is 1. The van der Waals surface area contributed by atoms with Gasteiger partial charge in [0.05, 0.1) is 16.3 Å². The zero-order valence-electron chi connectivity index (χ0n) is 18.4. The summed E-state index contributed by atoms with van der Waals surface area (Å²) in [7, 11) is 0. The van der Waals surface area contributed by atoms with Crippen LogP contribution in [0.4, 0.5) is 10.1 Å². The number of rotatable bonds is 4. The number of hydrogen-bond acceptors (Lipinski definition) is 6. The van der Waals surface area contributed by atoms with Crippen molar-refractivity contribution < 1.29 is 14.0 Å². The number of piperazine rings is 1. The first-order valence-corrected chi connectivity index (χ1v) is 11.8. The Balaban J connectivity index is 1.33. The number of benzene rings is 1. The SMILES string of the molecule is CC(=O)c1ccc(N2CCN(C(=O)c3sc4nc(C5CC5)nc(C)c4c3C)CC2)c(F)c1. The molecule has 6 nitrogen and oxygen atoms in total. The van der Waals surface area contributed by atoms with Crippen molar-refractivity contribution in [3.8, 4) is 0 Å². The minimum Gasteiger partial charge on any atom is -0.366 e. The van der Waals surface area contributed by atoms with Gasteiger partial charge in [0.1, 0.15) is 16.5 Å². The highest BCUT2D eigenvalue weighted by Crippen LogP contribution is 2.40. The fraction of sp³-hybridized carbons (Fsp3) is 0.417. The Morgan fingerprint density at radius 2 is 1.81 bits per heavy atom. The number of Topliss-reactive ketones (excluding diaryl/α,β-unsaturated/α-hetero) is 1. The van der Waals surface area contributed by atoms with Gasteiger partial charge in [0.15, 0.2) is 5.78 Å². The molecule has 0 atom stereocenters. The highest BCUT2D eigenvalue weighted by molar-refractivity contribution is 7.20. The molecule has 1 amide bonds. The van der Waals surface area contributed by atoms with Crippen LogP contribution in [0.1, 0.15) is 62.8 Å². The molecule has 1 saturated heterocycles. The topological polar surface area (TPSA) is 66.4 Å². The Kier molecular flexibility index (Phi) is 5.20. The zero-order valence-corrected chi connectivity index (χ0v) is 19.3. The maximum absolute atomic E-state index is 14.5. The molecule has 8 heteroatoms. The average Bonchev–Trinajstić information content (AvgIpc) is 3.57. The summed E-state index contributed by atoms with van der Waals surface area (Å²) in [6.45, 7) is 7.49. The Labute approximate surface area is 190 Å². The lowest BCUT2D eigenvalue weighted by molar-refractivity contribution is 0.0750. The van der Waals surface area contributed by atoms with E-state index in [9.17, 15) is 14.0 Å². The molecule has 1 saturated carbocycles. The van der Waals surface area contributed by atoms with Gasteiger partial charge in [-0.05, 0) is 57.4 Å². The fourth-order valence-corrected chi connectivity index (χ4v) is 5.57. The standard InChI is InChI=1S/C24H25FN4O2S/c1-13-20-14(2)26-22(16-4-5-16)27-23(20)32-21(13)24(31)29-10-8-28(9-11-29)19-7-6-17(15(3)30)12-18(19)25/h6-7,12,16H,4-5,8-11H2,1-3H3. The zero-order chi connectivity index (χ0) is 22.6. The van der Waals surface area contributed by atoms with Crippen molar-refractivity contribution in [2.45, 2.75) is 39.5 Å². The van der Waals surface area contributed by atoms with Crippen LogP contribution < -0.4 is 4.90 Å². The van der Waals surface area contributed by atoms with Gasteiger partial charge >= 0.3 is 0 Å². The summed E-state index contributed by atoms with van der Waals surface area (Å²) < 4.78 is 14.5. The lowest BCUT2D eigenvalue weighted by Gasteiger charge is -2.36. The molecule has 5 rings (SSSR count). The number of halogens is 1. The van der Waals surface area contributed by atoms with Crippen molar-refractivity contribution in [1.29, 1.82) is 0 Å². The smallest absolute Gasteiger partial charge is 0.264 e. The number of nitrogens with zero attached hydrogens (tertiary/aromatic N) is 4. The van der Waals surface area contributed by atoms with Crippen molar-refractivity contribution in [2.24, 2.45) is 0 Å². The predicted octanol–water partition coefficient (Wildman–Crippen LogP) is 4.49. The van der Waals surface area contributed by atoms with Crippen molar-refractivity contribution in [3.63, 3.8) is 0 Å². The number of amides is 1. The summed E-state index contributed by atoms with van der Waals surface area (Å²) in [5.74, 6) is 0.816. The van der Waals surface area contributed by atoms with E-state index in [1.165, 1.54) is 24.3 Å². The Hall–Kier alpha value is -2.87. The van der Waals surface area contributed by atoms with Gasteiger partial charge in [-0.1, -0.05) is 0 Å². The fourth-order valence-electron chi connectivity index (χ4n) is 4.36. The summed E-state index contributed by atoms with van der Waals surface area (Å²) in [5.41, 5.74) is 2.73. The third kappa shape index (κ3) is 3.66. The molecule has 2 aliphatic rings. The number of anilines is 1. The van der Waals surface area contributed by atoms with E-state index in [1.807, 2.05) is 23.6 Å². The second-order valence-electron chi connectivity index (χ2n) is 8.68. The van der Waals surface area contributed by atoms with Crippen molar-refractivity contribution in [2.75, 3.05) is 31.1 Å². The van der Waals surface area contributed by atoms with E-state index in [0.717, 1.165) is 45.0 Å². The van der Waals surface area contributed by atoms with Gasteiger partial charge in [0.2, 0.25) is 0 Å². The van der Waals surface area contributed by atoms with Crippen LogP contribution in [0.15, 0.2) is 18.2 Å². The number of carbonyl (C=O) groups is 2. The van der Waals surface area contributed by atoms with Crippen molar-refractivity contribution in [1.82, 2.24) is 14.9 Å². The van der Waals surface area contributed by atoms with Gasteiger partial charge in [0, 0.05) is 43.0 Å². The second-order valence-corrected chi connectivity index (χ2v) is 9.68. The maximum atomic E-state index is 14.5. The highest BCUT2D eigenvalue weighted by atomic mass is 32.1. The average molecular weight is 453 g/mol. The third-order valence-corrected chi connectivity index (χ3v) is 7.56. The van der Waals surface area contributed by atoms with E-state index in [2.05, 4.69) is 4.98 Å². The summed E-state index contributed by atoms with van der Waals surface area (Å²) in [6.07, 6.45) is 2.28. The van der Waals surface area contributed by atoms with Crippen LogP contribution in [0, 0.1) is 19.7 Å². The molecular formula is C24H25FN4O2S.